The summed E-state index contributed by atoms with van der Waals surface area (Å²) in [5.41, 5.74) is 1.36. The Hall–Kier alpha value is -0.280. The predicted octanol–water partition coefficient (Wildman–Crippen LogP) is 4.35. The molecule has 0 spiro atoms. The zero-order valence-corrected chi connectivity index (χ0v) is 14.1. The third kappa shape index (κ3) is 3.67. The lowest BCUT2D eigenvalue weighted by Gasteiger charge is -2.46. The molecule has 20 heavy (non-hydrogen) atoms. The van der Waals surface area contributed by atoms with Gasteiger partial charge in [-0.2, -0.15) is 0 Å². The molecule has 2 atom stereocenters. The fourth-order valence-corrected chi connectivity index (χ4v) is 3.29. The van der Waals surface area contributed by atoms with Crippen LogP contribution in [-0.4, -0.2) is 29.6 Å². The molecule has 1 N–H and O–H groups in total. The van der Waals surface area contributed by atoms with Crippen LogP contribution in [0.4, 0.5) is 0 Å². The second kappa shape index (κ2) is 6.65. The van der Waals surface area contributed by atoms with E-state index in [0.29, 0.717) is 11.1 Å². The fraction of sp³-hybridized carbons (Fsp3) is 0.625. The van der Waals surface area contributed by atoms with Crippen LogP contribution in [0.2, 0.25) is 10.0 Å². The lowest BCUT2D eigenvalue weighted by molar-refractivity contribution is 0.0755. The van der Waals surface area contributed by atoms with Gasteiger partial charge in [-0.3, -0.25) is 4.90 Å². The molecule has 0 bridgehead atoms. The van der Waals surface area contributed by atoms with E-state index < -0.39 is 0 Å². The van der Waals surface area contributed by atoms with Gasteiger partial charge in [-0.05, 0) is 37.5 Å². The van der Waals surface area contributed by atoms with Crippen molar-refractivity contribution in [2.45, 2.75) is 51.7 Å². The van der Waals surface area contributed by atoms with Gasteiger partial charge in [0.25, 0.3) is 0 Å². The van der Waals surface area contributed by atoms with E-state index in [-0.39, 0.29) is 5.54 Å². The fourth-order valence-electron chi connectivity index (χ4n) is 2.82. The highest BCUT2D eigenvalue weighted by molar-refractivity contribution is 6.35. The van der Waals surface area contributed by atoms with Gasteiger partial charge in [-0.15, -0.1) is 0 Å². The molecule has 2 rings (SSSR count). The minimum atomic E-state index is 0.199. The standard InChI is InChI=1S/C16H24Cl2N2/c1-4-14-9-19-16(3,5-2)11-20(14)10-12-6-7-13(17)8-15(12)18/h6-8,14,19H,4-5,9-11H2,1-3H3. The van der Waals surface area contributed by atoms with E-state index in [1.165, 1.54) is 0 Å². The smallest absolute Gasteiger partial charge is 0.0465 e. The number of halogens is 2. The average molecular weight is 315 g/mol. The molecule has 1 aromatic rings. The number of hydrogen-bond donors (Lipinski definition) is 1. The number of rotatable bonds is 4. The number of piperazine rings is 1. The zero-order chi connectivity index (χ0) is 14.8. The van der Waals surface area contributed by atoms with Crippen molar-refractivity contribution in [2.75, 3.05) is 13.1 Å². The second-order valence-corrected chi connectivity index (χ2v) is 6.84. The summed E-state index contributed by atoms with van der Waals surface area (Å²) >= 11 is 12.3. The maximum atomic E-state index is 6.32. The highest BCUT2D eigenvalue weighted by atomic mass is 35.5. The molecule has 1 saturated heterocycles. The maximum Gasteiger partial charge on any atom is 0.0465 e. The van der Waals surface area contributed by atoms with Crippen molar-refractivity contribution in [1.29, 1.82) is 0 Å². The van der Waals surface area contributed by atoms with Gasteiger partial charge >= 0.3 is 0 Å². The van der Waals surface area contributed by atoms with Crippen LogP contribution in [0, 0.1) is 0 Å². The quantitative estimate of drug-likeness (QED) is 0.889. The Morgan fingerprint density at radius 3 is 2.70 bits per heavy atom. The summed E-state index contributed by atoms with van der Waals surface area (Å²) in [5.74, 6) is 0. The van der Waals surface area contributed by atoms with Crippen LogP contribution in [0.3, 0.4) is 0 Å². The largest absolute Gasteiger partial charge is 0.309 e. The minimum absolute atomic E-state index is 0.199. The molecule has 112 valence electrons. The number of benzene rings is 1. The molecule has 4 heteroatoms. The molecule has 0 radical (unpaired) electrons. The van der Waals surface area contributed by atoms with E-state index in [2.05, 4.69) is 31.0 Å². The van der Waals surface area contributed by atoms with Crippen molar-refractivity contribution < 1.29 is 0 Å². The van der Waals surface area contributed by atoms with Crippen LogP contribution >= 0.6 is 23.2 Å². The molecule has 1 aliphatic heterocycles. The Bertz CT molecular complexity index is 464. The van der Waals surface area contributed by atoms with Crippen LogP contribution in [-0.2, 0) is 6.54 Å². The van der Waals surface area contributed by atoms with Gasteiger partial charge < -0.3 is 5.32 Å². The first kappa shape index (κ1) is 16.1. The van der Waals surface area contributed by atoms with Gasteiger partial charge in [-0.25, -0.2) is 0 Å². The highest BCUT2D eigenvalue weighted by Crippen LogP contribution is 2.26. The third-order valence-electron chi connectivity index (χ3n) is 4.47. The van der Waals surface area contributed by atoms with E-state index in [0.717, 1.165) is 43.1 Å². The van der Waals surface area contributed by atoms with Crippen LogP contribution < -0.4 is 5.32 Å². The molecule has 0 amide bonds. The van der Waals surface area contributed by atoms with Gasteiger partial charge in [-0.1, -0.05) is 43.1 Å². The van der Waals surface area contributed by atoms with E-state index >= 15 is 0 Å². The zero-order valence-electron chi connectivity index (χ0n) is 12.5. The lowest BCUT2D eigenvalue weighted by atomic mass is 9.92. The van der Waals surface area contributed by atoms with Crippen molar-refractivity contribution >= 4 is 23.2 Å². The maximum absolute atomic E-state index is 6.32. The second-order valence-electron chi connectivity index (χ2n) is 6.00. The first-order chi connectivity index (χ1) is 9.47. The molecule has 1 aromatic carbocycles. The summed E-state index contributed by atoms with van der Waals surface area (Å²) in [7, 11) is 0. The summed E-state index contributed by atoms with van der Waals surface area (Å²) < 4.78 is 0. The minimum Gasteiger partial charge on any atom is -0.309 e. The molecule has 2 nitrogen and oxygen atoms in total. The highest BCUT2D eigenvalue weighted by Gasteiger charge is 2.33. The van der Waals surface area contributed by atoms with Crippen molar-refractivity contribution in [2.24, 2.45) is 0 Å². The van der Waals surface area contributed by atoms with Crippen molar-refractivity contribution in [3.63, 3.8) is 0 Å². The first-order valence-corrected chi connectivity index (χ1v) is 8.16. The monoisotopic (exact) mass is 314 g/mol. The van der Waals surface area contributed by atoms with Crippen LogP contribution in [0.5, 0.6) is 0 Å². The molecule has 1 aliphatic rings. The average Bonchev–Trinajstić information content (AvgIpc) is 2.42. The molecular formula is C16H24Cl2N2. The summed E-state index contributed by atoms with van der Waals surface area (Å²) in [6.07, 6.45) is 2.28. The molecule has 0 saturated carbocycles. The summed E-state index contributed by atoms with van der Waals surface area (Å²) in [6, 6.07) is 6.37. The summed E-state index contributed by atoms with van der Waals surface area (Å²) in [5, 5.41) is 5.16. The van der Waals surface area contributed by atoms with E-state index in [4.69, 9.17) is 23.2 Å². The Kier molecular flexibility index (Phi) is 5.36. The van der Waals surface area contributed by atoms with Crippen LogP contribution in [0.15, 0.2) is 18.2 Å². The molecule has 1 heterocycles. The van der Waals surface area contributed by atoms with Gasteiger partial charge in [0.1, 0.15) is 0 Å². The summed E-state index contributed by atoms with van der Waals surface area (Å²) in [4.78, 5) is 2.55. The third-order valence-corrected chi connectivity index (χ3v) is 5.06. The van der Waals surface area contributed by atoms with E-state index in [9.17, 15) is 0 Å². The molecule has 0 aromatic heterocycles. The lowest BCUT2D eigenvalue weighted by Crippen LogP contribution is -2.62. The number of nitrogens with one attached hydrogen (secondary N) is 1. The Labute approximate surface area is 132 Å². The van der Waals surface area contributed by atoms with Crippen molar-refractivity contribution in [1.82, 2.24) is 10.2 Å². The normalized spacial score (nSPS) is 27.8. The predicted molar refractivity (Wildman–Crippen MR) is 87.6 cm³/mol. The van der Waals surface area contributed by atoms with Gasteiger partial charge in [0.05, 0.1) is 0 Å². The van der Waals surface area contributed by atoms with Gasteiger partial charge in [0.15, 0.2) is 0 Å². The Morgan fingerprint density at radius 1 is 1.35 bits per heavy atom. The topological polar surface area (TPSA) is 15.3 Å². The van der Waals surface area contributed by atoms with Crippen molar-refractivity contribution in [3.05, 3.63) is 33.8 Å². The first-order valence-electron chi connectivity index (χ1n) is 7.40. The van der Waals surface area contributed by atoms with E-state index in [1.807, 2.05) is 18.2 Å². The molecule has 1 fully saturated rings. The molecular weight excluding hydrogens is 291 g/mol. The van der Waals surface area contributed by atoms with E-state index in [1.54, 1.807) is 0 Å². The summed E-state index contributed by atoms with van der Waals surface area (Å²) in [6.45, 7) is 9.79. The van der Waals surface area contributed by atoms with Crippen LogP contribution in [0.1, 0.15) is 39.2 Å². The molecule has 0 aliphatic carbocycles. The Morgan fingerprint density at radius 2 is 2.10 bits per heavy atom. The van der Waals surface area contributed by atoms with Crippen molar-refractivity contribution in [3.8, 4) is 0 Å². The van der Waals surface area contributed by atoms with Gasteiger partial charge in [0.2, 0.25) is 0 Å². The number of hydrogen-bond acceptors (Lipinski definition) is 2. The van der Waals surface area contributed by atoms with Gasteiger partial charge in [0, 0.05) is 41.3 Å². The number of nitrogens with zero attached hydrogens (tertiary/aromatic N) is 1. The van der Waals surface area contributed by atoms with Crippen LogP contribution in [0.25, 0.3) is 0 Å². The molecule has 2 unspecified atom stereocenters. The SMILES string of the molecule is CCC1CNC(C)(CC)CN1Cc1ccc(Cl)cc1Cl. The Balaban J connectivity index is 2.15.